The van der Waals surface area contributed by atoms with Crippen molar-refractivity contribution in [3.63, 3.8) is 0 Å². The molecule has 2 bridgehead atoms. The van der Waals surface area contributed by atoms with Crippen molar-refractivity contribution in [2.24, 2.45) is 5.73 Å². The molecule has 0 radical (unpaired) electrons. The van der Waals surface area contributed by atoms with Gasteiger partial charge in [-0.3, -0.25) is 0 Å². The van der Waals surface area contributed by atoms with Gasteiger partial charge in [-0.05, 0) is 37.1 Å². The molecule has 0 aromatic carbocycles. The molecule has 2 saturated heterocycles. The molecule has 0 aliphatic carbocycles. The van der Waals surface area contributed by atoms with Crippen molar-refractivity contribution in [1.29, 1.82) is 0 Å². The van der Waals surface area contributed by atoms with Crippen molar-refractivity contribution >= 4 is 21.4 Å². The summed E-state index contributed by atoms with van der Waals surface area (Å²) >= 11 is 1.40. The summed E-state index contributed by atoms with van der Waals surface area (Å²) in [7, 11) is -3.50. The van der Waals surface area contributed by atoms with Crippen molar-refractivity contribution < 1.29 is 13.2 Å². The molecule has 3 heterocycles. The molecule has 0 spiro atoms. The van der Waals surface area contributed by atoms with Crippen LogP contribution in [0.5, 0.6) is 0 Å². The van der Waals surface area contributed by atoms with E-state index in [0.29, 0.717) is 9.77 Å². The zero-order valence-electron chi connectivity index (χ0n) is 10.8. The van der Waals surface area contributed by atoms with E-state index in [1.54, 1.807) is 0 Å². The first-order valence-corrected chi connectivity index (χ1v) is 8.82. The summed E-state index contributed by atoms with van der Waals surface area (Å²) in [4.78, 5) is 1.08. The summed E-state index contributed by atoms with van der Waals surface area (Å²) in [5.74, 6) is 0. The second kappa shape index (κ2) is 4.82. The third-order valence-electron chi connectivity index (χ3n) is 3.86. The van der Waals surface area contributed by atoms with E-state index in [-0.39, 0.29) is 24.8 Å². The van der Waals surface area contributed by atoms with Gasteiger partial charge in [0.05, 0.1) is 18.2 Å². The summed E-state index contributed by atoms with van der Waals surface area (Å²) in [6.07, 6.45) is 3.05. The Bertz CT molecular complexity index is 582. The molecule has 3 rings (SSSR count). The molecule has 0 amide bonds. The molecule has 3 unspecified atom stereocenters. The number of hydrogen-bond acceptors (Lipinski definition) is 5. The Labute approximate surface area is 117 Å². The zero-order chi connectivity index (χ0) is 13.6. The Hall–Kier alpha value is -0.470. The topological polar surface area (TPSA) is 81.4 Å². The van der Waals surface area contributed by atoms with E-state index in [9.17, 15) is 8.42 Å². The maximum absolute atomic E-state index is 12.5. The molecule has 2 fully saturated rings. The second-order valence-electron chi connectivity index (χ2n) is 5.21. The summed E-state index contributed by atoms with van der Waals surface area (Å²) in [5.41, 5.74) is 6.39. The highest BCUT2D eigenvalue weighted by Crippen LogP contribution is 2.35. The quantitative estimate of drug-likeness (QED) is 0.873. The number of aryl methyl sites for hydroxylation is 1. The molecule has 0 saturated carbocycles. The van der Waals surface area contributed by atoms with Crippen molar-refractivity contribution in [3.8, 4) is 0 Å². The van der Waals surface area contributed by atoms with Crippen LogP contribution in [0.4, 0.5) is 0 Å². The Morgan fingerprint density at radius 1 is 1.53 bits per heavy atom. The van der Waals surface area contributed by atoms with Crippen LogP contribution in [0.1, 0.15) is 29.7 Å². The van der Waals surface area contributed by atoms with Gasteiger partial charge in [0.15, 0.2) is 0 Å². The van der Waals surface area contributed by atoms with Gasteiger partial charge in [0.1, 0.15) is 4.90 Å². The van der Waals surface area contributed by atoms with E-state index in [1.807, 2.05) is 12.3 Å². The Morgan fingerprint density at radius 2 is 2.32 bits per heavy atom. The Kier molecular flexibility index (Phi) is 3.43. The first-order chi connectivity index (χ1) is 9.01. The van der Waals surface area contributed by atoms with Crippen molar-refractivity contribution in [3.05, 3.63) is 15.8 Å². The molecular weight excluding hydrogens is 284 g/mol. The fourth-order valence-electron chi connectivity index (χ4n) is 3.01. The molecule has 1 aromatic rings. The van der Waals surface area contributed by atoms with Crippen molar-refractivity contribution in [2.45, 2.75) is 55.9 Å². The standard InChI is InChI=1S/C12H18N2O3S2/c1-7-6-18-11(5-13)12(7)19(15,16)14-9-4-8-2-3-10(9)17-8/h6,8-10,14H,2-5,13H2,1H3. The number of hydrogen-bond donors (Lipinski definition) is 2. The van der Waals surface area contributed by atoms with Gasteiger partial charge in [-0.1, -0.05) is 0 Å². The van der Waals surface area contributed by atoms with Crippen molar-refractivity contribution in [2.75, 3.05) is 0 Å². The van der Waals surface area contributed by atoms with Crippen LogP contribution in [0.3, 0.4) is 0 Å². The van der Waals surface area contributed by atoms with Gasteiger partial charge in [0.2, 0.25) is 10.0 Å². The average Bonchev–Trinajstić information content (AvgIpc) is 3.02. The smallest absolute Gasteiger partial charge is 0.242 e. The molecule has 2 aliphatic rings. The van der Waals surface area contributed by atoms with Crippen LogP contribution in [-0.2, 0) is 21.3 Å². The largest absolute Gasteiger partial charge is 0.373 e. The SMILES string of the molecule is Cc1csc(CN)c1S(=O)(=O)NC1CC2CCC1O2. The number of ether oxygens (including phenoxy) is 1. The fourth-order valence-corrected chi connectivity index (χ4v) is 5.99. The fraction of sp³-hybridized carbons (Fsp3) is 0.667. The third-order valence-corrected chi connectivity index (χ3v) is 6.83. The zero-order valence-corrected chi connectivity index (χ0v) is 12.4. The van der Waals surface area contributed by atoms with Crippen LogP contribution < -0.4 is 10.5 Å². The minimum absolute atomic E-state index is 0.0417. The van der Waals surface area contributed by atoms with Gasteiger partial charge >= 0.3 is 0 Å². The normalized spacial score (nSPS) is 30.1. The first kappa shape index (κ1) is 13.5. The van der Waals surface area contributed by atoms with Crippen LogP contribution in [0, 0.1) is 6.92 Å². The lowest BCUT2D eigenvalue weighted by atomic mass is 9.96. The maximum atomic E-state index is 12.5. The minimum Gasteiger partial charge on any atom is -0.373 e. The molecule has 7 heteroatoms. The number of rotatable bonds is 4. The average molecular weight is 302 g/mol. The molecule has 3 N–H and O–H groups in total. The molecule has 1 aromatic heterocycles. The van der Waals surface area contributed by atoms with Crippen molar-refractivity contribution in [1.82, 2.24) is 4.72 Å². The van der Waals surface area contributed by atoms with Gasteiger partial charge in [0, 0.05) is 11.4 Å². The highest BCUT2D eigenvalue weighted by atomic mass is 32.2. The Morgan fingerprint density at radius 3 is 2.89 bits per heavy atom. The summed E-state index contributed by atoms with van der Waals surface area (Å²) < 4.78 is 33.5. The number of thiophene rings is 1. The summed E-state index contributed by atoms with van der Waals surface area (Å²) in [6.45, 7) is 2.06. The van der Waals surface area contributed by atoms with E-state index in [4.69, 9.17) is 10.5 Å². The molecule has 19 heavy (non-hydrogen) atoms. The van der Waals surface area contributed by atoms with Crippen LogP contribution in [-0.4, -0.2) is 26.7 Å². The third kappa shape index (κ3) is 2.34. The molecule has 5 nitrogen and oxygen atoms in total. The number of sulfonamides is 1. The van der Waals surface area contributed by atoms with Crippen LogP contribution in [0.25, 0.3) is 0 Å². The van der Waals surface area contributed by atoms with E-state index in [0.717, 1.165) is 24.8 Å². The lowest BCUT2D eigenvalue weighted by Crippen LogP contribution is -2.41. The Balaban J connectivity index is 1.85. The lowest BCUT2D eigenvalue weighted by Gasteiger charge is -2.20. The number of fused-ring (bicyclic) bond motifs is 2. The monoisotopic (exact) mass is 302 g/mol. The molecule has 2 aliphatic heterocycles. The highest BCUT2D eigenvalue weighted by Gasteiger charge is 2.43. The minimum atomic E-state index is -3.50. The molecule has 3 atom stereocenters. The van der Waals surface area contributed by atoms with Gasteiger partial charge < -0.3 is 10.5 Å². The van der Waals surface area contributed by atoms with E-state index < -0.39 is 10.0 Å². The van der Waals surface area contributed by atoms with Gasteiger partial charge in [-0.2, -0.15) is 0 Å². The summed E-state index contributed by atoms with van der Waals surface area (Å²) in [6, 6.07) is -0.0892. The molecular formula is C12H18N2O3S2. The van der Waals surface area contributed by atoms with Gasteiger partial charge in [-0.25, -0.2) is 13.1 Å². The van der Waals surface area contributed by atoms with Gasteiger partial charge in [-0.15, -0.1) is 11.3 Å². The maximum Gasteiger partial charge on any atom is 0.242 e. The van der Waals surface area contributed by atoms with E-state index >= 15 is 0 Å². The first-order valence-electron chi connectivity index (χ1n) is 6.46. The predicted molar refractivity (Wildman–Crippen MR) is 73.6 cm³/mol. The van der Waals surface area contributed by atoms with Crippen LogP contribution >= 0.6 is 11.3 Å². The van der Waals surface area contributed by atoms with Gasteiger partial charge in [0.25, 0.3) is 0 Å². The van der Waals surface area contributed by atoms with E-state index in [2.05, 4.69) is 4.72 Å². The van der Waals surface area contributed by atoms with Crippen LogP contribution in [0.2, 0.25) is 0 Å². The van der Waals surface area contributed by atoms with Crippen LogP contribution in [0.15, 0.2) is 10.3 Å². The van der Waals surface area contributed by atoms with E-state index in [1.165, 1.54) is 11.3 Å². The molecule has 106 valence electrons. The number of nitrogens with two attached hydrogens (primary N) is 1. The highest BCUT2D eigenvalue weighted by molar-refractivity contribution is 7.89. The number of nitrogens with one attached hydrogen (secondary N) is 1. The lowest BCUT2D eigenvalue weighted by molar-refractivity contribution is 0.0996. The predicted octanol–water partition coefficient (Wildman–Crippen LogP) is 1.11. The summed E-state index contributed by atoms with van der Waals surface area (Å²) in [5, 5.41) is 1.84. The second-order valence-corrected chi connectivity index (χ2v) is 7.83.